The maximum Gasteiger partial charge on any atom is 0.0378 e. The summed E-state index contributed by atoms with van der Waals surface area (Å²) in [6.07, 6.45) is 5.37. The quantitative estimate of drug-likeness (QED) is 0.607. The van der Waals surface area contributed by atoms with Crippen LogP contribution in [0.5, 0.6) is 0 Å². The maximum absolute atomic E-state index is 6.20. The fourth-order valence-corrected chi connectivity index (χ4v) is 1.53. The molecule has 0 aliphatic heterocycles. The molecule has 0 aromatic carbocycles. The van der Waals surface area contributed by atoms with Gasteiger partial charge in [0.25, 0.3) is 0 Å². The van der Waals surface area contributed by atoms with Crippen molar-refractivity contribution >= 4 is 0 Å². The van der Waals surface area contributed by atoms with E-state index in [1.807, 2.05) is 0 Å². The molecule has 1 unspecified atom stereocenters. The van der Waals surface area contributed by atoms with Crippen LogP contribution in [0.1, 0.15) is 41.0 Å². The minimum atomic E-state index is -0.142. The molecular weight excluding hydrogens is 158 g/mol. The predicted molar refractivity (Wildman–Crippen MR) is 58.5 cm³/mol. The second-order valence-electron chi connectivity index (χ2n) is 5.39. The second kappa shape index (κ2) is 2.98. The first-order valence-corrected chi connectivity index (χ1v) is 4.91. The van der Waals surface area contributed by atoms with Gasteiger partial charge < -0.3 is 5.73 Å². The van der Waals surface area contributed by atoms with Gasteiger partial charge in [-0.2, -0.15) is 0 Å². The van der Waals surface area contributed by atoms with Crippen LogP contribution >= 0.6 is 0 Å². The van der Waals surface area contributed by atoms with Gasteiger partial charge in [0.1, 0.15) is 0 Å². The third-order valence-electron chi connectivity index (χ3n) is 2.96. The van der Waals surface area contributed by atoms with Crippen molar-refractivity contribution in [2.75, 3.05) is 0 Å². The van der Waals surface area contributed by atoms with Crippen LogP contribution in [0.3, 0.4) is 0 Å². The number of hydrogen-bond acceptors (Lipinski definition) is 1. The van der Waals surface area contributed by atoms with E-state index in [1.54, 1.807) is 0 Å². The Kier molecular flexibility index (Phi) is 2.42. The Hall–Kier alpha value is -0.560. The summed E-state index contributed by atoms with van der Waals surface area (Å²) in [4.78, 5) is 0. The monoisotopic (exact) mass is 179 g/mol. The molecular formula is C12H21N. The summed E-state index contributed by atoms with van der Waals surface area (Å²) in [6, 6.07) is 0. The van der Waals surface area contributed by atoms with Gasteiger partial charge >= 0.3 is 0 Å². The van der Waals surface area contributed by atoms with Crippen LogP contribution < -0.4 is 5.73 Å². The third kappa shape index (κ3) is 2.22. The molecule has 0 fully saturated rings. The molecule has 1 rings (SSSR count). The normalized spacial score (nSPS) is 29.7. The summed E-state index contributed by atoms with van der Waals surface area (Å²) in [5.41, 5.74) is 9.03. The lowest BCUT2D eigenvalue weighted by Gasteiger charge is -2.35. The molecule has 1 nitrogen and oxygen atoms in total. The zero-order valence-corrected chi connectivity index (χ0v) is 9.44. The Labute approximate surface area is 81.7 Å². The summed E-state index contributed by atoms with van der Waals surface area (Å²) in [6.45, 7) is 10.9. The highest BCUT2D eigenvalue weighted by atomic mass is 14.7. The highest BCUT2D eigenvalue weighted by Gasteiger charge is 2.29. The van der Waals surface area contributed by atoms with Crippen LogP contribution in [-0.4, -0.2) is 5.54 Å². The van der Waals surface area contributed by atoms with E-state index in [0.29, 0.717) is 0 Å². The minimum Gasteiger partial charge on any atom is -0.322 e. The fraction of sp³-hybridized carbons (Fsp3) is 0.667. The van der Waals surface area contributed by atoms with Crippen LogP contribution in [0.2, 0.25) is 0 Å². The first-order valence-electron chi connectivity index (χ1n) is 4.91. The number of rotatable bonds is 0. The van der Waals surface area contributed by atoms with Crippen LogP contribution in [0.25, 0.3) is 0 Å². The van der Waals surface area contributed by atoms with Crippen LogP contribution in [-0.2, 0) is 0 Å². The zero-order valence-electron chi connectivity index (χ0n) is 9.44. The van der Waals surface area contributed by atoms with E-state index in [2.05, 4.69) is 46.8 Å². The van der Waals surface area contributed by atoms with Gasteiger partial charge in [-0.3, -0.25) is 0 Å². The highest BCUT2D eigenvalue weighted by Crippen LogP contribution is 2.36. The minimum absolute atomic E-state index is 0.142. The number of nitrogens with two attached hydrogens (primary N) is 1. The lowest BCUT2D eigenvalue weighted by Crippen LogP contribution is -2.40. The van der Waals surface area contributed by atoms with Crippen LogP contribution in [0.4, 0.5) is 0 Å². The molecule has 2 N–H and O–H groups in total. The van der Waals surface area contributed by atoms with Gasteiger partial charge in [0.15, 0.2) is 0 Å². The Morgan fingerprint density at radius 1 is 1.31 bits per heavy atom. The van der Waals surface area contributed by atoms with Gasteiger partial charge in [0, 0.05) is 5.54 Å². The topological polar surface area (TPSA) is 26.0 Å². The second-order valence-corrected chi connectivity index (χ2v) is 5.39. The van der Waals surface area contributed by atoms with E-state index in [4.69, 9.17) is 5.73 Å². The van der Waals surface area contributed by atoms with E-state index in [0.717, 1.165) is 6.42 Å². The predicted octanol–water partition coefficient (Wildman–Crippen LogP) is 3.03. The van der Waals surface area contributed by atoms with Gasteiger partial charge in [0.2, 0.25) is 0 Å². The largest absolute Gasteiger partial charge is 0.322 e. The molecule has 1 aliphatic rings. The van der Waals surface area contributed by atoms with Crippen molar-refractivity contribution in [3.63, 3.8) is 0 Å². The molecule has 0 aromatic rings. The van der Waals surface area contributed by atoms with Crippen LogP contribution in [0.15, 0.2) is 23.3 Å². The Bertz CT molecular complexity index is 261. The molecule has 0 radical (unpaired) electrons. The van der Waals surface area contributed by atoms with Crippen molar-refractivity contribution < 1.29 is 0 Å². The molecule has 0 saturated carbocycles. The van der Waals surface area contributed by atoms with Gasteiger partial charge in [-0.15, -0.1) is 0 Å². The molecule has 1 atom stereocenters. The summed E-state index contributed by atoms with van der Waals surface area (Å²) in [5.74, 6) is 0. The lowest BCUT2D eigenvalue weighted by molar-refractivity contribution is 0.426. The first-order chi connectivity index (χ1) is 5.73. The standard InChI is InChI=1S/C12H21N/c1-9-6-7-10(11(2,3)4)8-12(9,5)13/h6-7H,8,13H2,1-5H3. The number of allylic oxidation sites excluding steroid dienone is 2. The summed E-state index contributed by atoms with van der Waals surface area (Å²) >= 11 is 0. The maximum atomic E-state index is 6.20. The molecule has 0 spiro atoms. The van der Waals surface area contributed by atoms with Crippen molar-refractivity contribution in [3.8, 4) is 0 Å². The average Bonchev–Trinajstić information content (AvgIpc) is 1.92. The molecule has 0 saturated heterocycles. The smallest absolute Gasteiger partial charge is 0.0378 e. The molecule has 0 amide bonds. The summed E-state index contributed by atoms with van der Waals surface area (Å²) < 4.78 is 0. The average molecular weight is 179 g/mol. The third-order valence-corrected chi connectivity index (χ3v) is 2.96. The molecule has 0 aromatic heterocycles. The van der Waals surface area contributed by atoms with E-state index < -0.39 is 0 Å². The van der Waals surface area contributed by atoms with Gasteiger partial charge in [0.05, 0.1) is 0 Å². The van der Waals surface area contributed by atoms with E-state index in [9.17, 15) is 0 Å². The van der Waals surface area contributed by atoms with Crippen molar-refractivity contribution in [2.45, 2.75) is 46.6 Å². The molecule has 0 heterocycles. The molecule has 74 valence electrons. The van der Waals surface area contributed by atoms with E-state index >= 15 is 0 Å². The van der Waals surface area contributed by atoms with Crippen molar-refractivity contribution in [1.29, 1.82) is 0 Å². The molecule has 13 heavy (non-hydrogen) atoms. The van der Waals surface area contributed by atoms with E-state index in [1.165, 1.54) is 11.1 Å². The molecule has 1 aliphatic carbocycles. The lowest BCUT2D eigenvalue weighted by atomic mass is 9.74. The Balaban J connectivity index is 2.97. The van der Waals surface area contributed by atoms with Crippen LogP contribution in [0, 0.1) is 5.41 Å². The zero-order chi connectivity index (χ0) is 10.3. The Morgan fingerprint density at radius 2 is 1.85 bits per heavy atom. The van der Waals surface area contributed by atoms with Crippen molar-refractivity contribution in [1.82, 2.24) is 0 Å². The molecule has 1 heteroatoms. The first kappa shape index (κ1) is 10.5. The molecule has 0 bridgehead atoms. The Morgan fingerprint density at radius 3 is 2.23 bits per heavy atom. The SMILES string of the molecule is CC1=CC=C(C(C)(C)C)CC1(C)N. The van der Waals surface area contributed by atoms with Crippen molar-refractivity contribution in [2.24, 2.45) is 11.1 Å². The number of hydrogen-bond donors (Lipinski definition) is 1. The van der Waals surface area contributed by atoms with E-state index in [-0.39, 0.29) is 11.0 Å². The van der Waals surface area contributed by atoms with Gasteiger partial charge in [-0.25, -0.2) is 0 Å². The summed E-state index contributed by atoms with van der Waals surface area (Å²) in [7, 11) is 0. The fourth-order valence-electron chi connectivity index (χ4n) is 1.53. The van der Waals surface area contributed by atoms with Gasteiger partial charge in [-0.1, -0.05) is 44.1 Å². The summed E-state index contributed by atoms with van der Waals surface area (Å²) in [5, 5.41) is 0. The van der Waals surface area contributed by atoms with Gasteiger partial charge in [-0.05, 0) is 25.7 Å². The van der Waals surface area contributed by atoms with Crippen molar-refractivity contribution in [3.05, 3.63) is 23.3 Å². The highest BCUT2D eigenvalue weighted by molar-refractivity contribution is 5.34.